The Morgan fingerprint density at radius 3 is 2.50 bits per heavy atom. The molecule has 3 N–H and O–H groups in total. The first kappa shape index (κ1) is 37.5. The van der Waals surface area contributed by atoms with E-state index in [9.17, 15) is 27.6 Å². The van der Waals surface area contributed by atoms with Crippen molar-refractivity contribution in [1.82, 2.24) is 35.2 Å². The highest BCUT2D eigenvalue weighted by atomic mass is 32.2. The number of nitrogens with zero attached hydrogens (tertiary/aromatic N) is 4. The van der Waals surface area contributed by atoms with E-state index in [4.69, 9.17) is 9.72 Å². The number of nitrogens with one attached hydrogen (secondary N) is 3. The number of hydrogen-bond donors (Lipinski definition) is 3. The molecule has 2 aliphatic heterocycles. The number of sulfonamides is 1. The van der Waals surface area contributed by atoms with Gasteiger partial charge in [0.05, 0.1) is 29.3 Å². The summed E-state index contributed by atoms with van der Waals surface area (Å²) in [5, 5.41) is 7.97. The second-order valence-electron chi connectivity index (χ2n) is 15.5. The third-order valence-electron chi connectivity index (χ3n) is 11.3. The molecular formula is C41H45N7O7S. The maximum Gasteiger partial charge on any atom is 0.272 e. The fourth-order valence-corrected chi connectivity index (χ4v) is 9.29. The number of amides is 4. The first-order valence-electron chi connectivity index (χ1n) is 19.4. The summed E-state index contributed by atoms with van der Waals surface area (Å²) in [6.45, 7) is 2.03. The predicted molar refractivity (Wildman–Crippen MR) is 208 cm³/mol. The van der Waals surface area contributed by atoms with Crippen molar-refractivity contribution in [2.75, 3.05) is 13.2 Å². The van der Waals surface area contributed by atoms with Crippen LogP contribution in [0.1, 0.15) is 74.0 Å². The van der Waals surface area contributed by atoms with Gasteiger partial charge in [-0.05, 0) is 69.4 Å². The number of ether oxygens (including phenoxy) is 1. The largest absolute Gasteiger partial charge is 0.477 e. The zero-order valence-corrected chi connectivity index (χ0v) is 32.0. The third-order valence-corrected chi connectivity index (χ3v) is 13.1. The number of hydrogen-bond acceptors (Lipinski definition) is 10. The third kappa shape index (κ3) is 7.68. The molecule has 4 aromatic rings. The fourth-order valence-electron chi connectivity index (χ4n) is 7.93. The van der Waals surface area contributed by atoms with Gasteiger partial charge in [0.25, 0.3) is 11.8 Å². The lowest BCUT2D eigenvalue weighted by molar-refractivity contribution is -0.141. The molecular weight excluding hydrogens is 735 g/mol. The zero-order valence-electron chi connectivity index (χ0n) is 31.1. The highest BCUT2D eigenvalue weighted by molar-refractivity contribution is 7.91. The molecule has 4 heterocycles. The first-order chi connectivity index (χ1) is 27.0. The van der Waals surface area contributed by atoms with Crippen molar-refractivity contribution in [1.29, 1.82) is 0 Å². The van der Waals surface area contributed by atoms with E-state index < -0.39 is 62.4 Å². The molecule has 0 bridgehead atoms. The summed E-state index contributed by atoms with van der Waals surface area (Å²) in [6, 6.07) is 13.6. The average Bonchev–Trinajstić information content (AvgIpc) is 4.12. The molecule has 2 aromatic carbocycles. The van der Waals surface area contributed by atoms with Crippen LogP contribution in [-0.2, 0) is 24.4 Å². The van der Waals surface area contributed by atoms with Crippen LogP contribution in [-0.4, -0.2) is 87.9 Å². The Morgan fingerprint density at radius 2 is 1.73 bits per heavy atom. The molecule has 14 nitrogen and oxygen atoms in total. The molecule has 4 amide bonds. The summed E-state index contributed by atoms with van der Waals surface area (Å²) in [5.74, 6) is -2.64. The molecule has 1 saturated heterocycles. The van der Waals surface area contributed by atoms with Crippen LogP contribution in [0.3, 0.4) is 0 Å². The first-order valence-corrected chi connectivity index (χ1v) is 20.9. The molecule has 2 aromatic heterocycles. The standard InChI is InChI=1S/C41H45N7O7S/c1-25-21-43-34(22-42-25)36(49)44-33-16-6-4-2-3-5-11-27-20-41(27,40(52)47-56(53,54)28-17-18-28)46-37(50)35-19-26(23-48(35)39(33)51)24-55-38-31-14-8-7-12-29(31)30-13-9-10-15-32(30)45-38/h5,7-15,21-22,26-28,33,35H,2-4,6,16-20,23-24H2,1H3,(H,44,49)(H,46,50)(H,47,52)/b11-5-/t26-,27?,33+,35+,41-/m1/s1. The van der Waals surface area contributed by atoms with E-state index in [2.05, 4.69) is 25.3 Å². The topological polar surface area (TPSA) is 190 Å². The number of para-hydroxylation sites is 1. The van der Waals surface area contributed by atoms with Gasteiger partial charge in [-0.2, -0.15) is 0 Å². The van der Waals surface area contributed by atoms with E-state index in [1.165, 1.54) is 17.3 Å². The Kier molecular flexibility index (Phi) is 10.2. The Morgan fingerprint density at radius 1 is 0.964 bits per heavy atom. The van der Waals surface area contributed by atoms with Crippen molar-refractivity contribution in [2.24, 2.45) is 11.8 Å². The number of carbonyl (C=O) groups excluding carboxylic acids is 4. The lowest BCUT2D eigenvalue weighted by Gasteiger charge is -2.30. The van der Waals surface area contributed by atoms with Gasteiger partial charge < -0.3 is 20.3 Å². The van der Waals surface area contributed by atoms with Gasteiger partial charge in [0, 0.05) is 35.3 Å². The lowest BCUT2D eigenvalue weighted by Crippen LogP contribution is -2.58. The minimum atomic E-state index is -3.88. The summed E-state index contributed by atoms with van der Waals surface area (Å²) >= 11 is 0. The molecule has 56 heavy (non-hydrogen) atoms. The molecule has 15 heteroatoms. The number of aromatic nitrogens is 3. The number of fused-ring (bicyclic) bond motifs is 5. The molecule has 0 spiro atoms. The van der Waals surface area contributed by atoms with Crippen molar-refractivity contribution in [3.63, 3.8) is 0 Å². The van der Waals surface area contributed by atoms with Gasteiger partial charge >= 0.3 is 0 Å². The van der Waals surface area contributed by atoms with Crippen molar-refractivity contribution < 1.29 is 32.3 Å². The predicted octanol–water partition coefficient (Wildman–Crippen LogP) is 3.88. The average molecular weight is 780 g/mol. The summed E-state index contributed by atoms with van der Waals surface area (Å²) in [6.07, 6.45) is 11.3. The van der Waals surface area contributed by atoms with Gasteiger partial charge in [0.2, 0.25) is 27.7 Å². The van der Waals surface area contributed by atoms with E-state index in [0.29, 0.717) is 43.7 Å². The van der Waals surface area contributed by atoms with E-state index in [0.717, 1.165) is 34.5 Å². The quantitative estimate of drug-likeness (QED) is 0.175. The van der Waals surface area contributed by atoms with Crippen LogP contribution in [0.4, 0.5) is 0 Å². The fraction of sp³-hybridized carbons (Fsp3) is 0.439. The Bertz CT molecular complexity index is 2330. The smallest absolute Gasteiger partial charge is 0.272 e. The van der Waals surface area contributed by atoms with Crippen LogP contribution in [0.25, 0.3) is 21.7 Å². The Labute approximate surface area is 324 Å². The van der Waals surface area contributed by atoms with Crippen LogP contribution in [0.15, 0.2) is 73.1 Å². The van der Waals surface area contributed by atoms with Crippen molar-refractivity contribution in [3.8, 4) is 5.88 Å². The van der Waals surface area contributed by atoms with Gasteiger partial charge in [0.15, 0.2) is 0 Å². The molecule has 4 aliphatic rings. The zero-order chi connectivity index (χ0) is 39.0. The molecule has 0 radical (unpaired) electrons. The Balaban J connectivity index is 1.09. The summed E-state index contributed by atoms with van der Waals surface area (Å²) in [5.41, 5.74) is -0.00595. The van der Waals surface area contributed by atoms with Crippen LogP contribution in [0.5, 0.6) is 5.88 Å². The highest BCUT2D eigenvalue weighted by Gasteiger charge is 2.62. The second-order valence-corrected chi connectivity index (χ2v) is 17.4. The number of carbonyl (C=O) groups is 4. The van der Waals surface area contributed by atoms with E-state index in [1.54, 1.807) is 6.92 Å². The molecule has 5 atom stereocenters. The molecule has 2 saturated carbocycles. The van der Waals surface area contributed by atoms with Gasteiger partial charge in [-0.3, -0.25) is 28.9 Å². The summed E-state index contributed by atoms with van der Waals surface area (Å²) in [4.78, 5) is 70.9. The minimum Gasteiger partial charge on any atom is -0.477 e. The minimum absolute atomic E-state index is 0.0652. The molecule has 1 unspecified atom stereocenters. The van der Waals surface area contributed by atoms with Gasteiger partial charge in [-0.1, -0.05) is 61.4 Å². The molecule has 292 valence electrons. The van der Waals surface area contributed by atoms with Crippen LogP contribution < -0.4 is 20.1 Å². The van der Waals surface area contributed by atoms with Crippen molar-refractivity contribution in [2.45, 2.75) is 87.6 Å². The molecule has 8 rings (SSSR count). The number of allylic oxidation sites excluding steroid dienone is 1. The monoisotopic (exact) mass is 779 g/mol. The highest BCUT2D eigenvalue weighted by Crippen LogP contribution is 2.46. The number of pyridine rings is 1. The van der Waals surface area contributed by atoms with Crippen molar-refractivity contribution in [3.05, 3.63) is 84.5 Å². The number of benzene rings is 2. The van der Waals surface area contributed by atoms with Crippen LogP contribution >= 0.6 is 0 Å². The summed E-state index contributed by atoms with van der Waals surface area (Å²) in [7, 11) is -3.88. The van der Waals surface area contributed by atoms with Crippen LogP contribution in [0, 0.1) is 18.8 Å². The molecule has 3 fully saturated rings. The maximum atomic E-state index is 14.6. The van der Waals surface area contributed by atoms with Crippen LogP contribution in [0.2, 0.25) is 0 Å². The van der Waals surface area contributed by atoms with Gasteiger partial charge in [-0.25, -0.2) is 18.4 Å². The number of aryl methyl sites for hydroxylation is 1. The van der Waals surface area contributed by atoms with Gasteiger partial charge in [0.1, 0.15) is 23.3 Å². The van der Waals surface area contributed by atoms with Gasteiger partial charge in [-0.15, -0.1) is 0 Å². The van der Waals surface area contributed by atoms with Crippen molar-refractivity contribution >= 4 is 55.3 Å². The number of rotatable bonds is 8. The molecule has 2 aliphatic carbocycles. The lowest BCUT2D eigenvalue weighted by atomic mass is 10.0. The maximum absolute atomic E-state index is 14.6. The Hall–Kier alpha value is -5.44. The van der Waals surface area contributed by atoms with E-state index in [1.807, 2.05) is 60.7 Å². The SMILES string of the molecule is Cc1cnc(C(=O)N[C@H]2CCCCC/C=C\C3C[C@@]3(C(=O)NS(=O)(=O)C3CC3)NC(=O)[C@@H]3C[C@@H](COc4nc5ccccc5c5ccccc45)CN3C2=O)cn1. The second kappa shape index (κ2) is 15.2. The van der Waals surface area contributed by atoms with E-state index >= 15 is 0 Å². The van der Waals surface area contributed by atoms with E-state index in [-0.39, 0.29) is 37.6 Å². The normalized spacial score (nSPS) is 26.3. The summed E-state index contributed by atoms with van der Waals surface area (Å²) < 4.78 is 34.4.